The van der Waals surface area contributed by atoms with Crippen molar-refractivity contribution in [1.82, 2.24) is 0 Å². The molecule has 1 amide bonds. The summed E-state index contributed by atoms with van der Waals surface area (Å²) in [5.74, 6) is -1.09. The van der Waals surface area contributed by atoms with Crippen LogP contribution in [0, 0.1) is 11.7 Å². The Morgan fingerprint density at radius 3 is 3.00 bits per heavy atom. The van der Waals surface area contributed by atoms with Gasteiger partial charge in [-0.3, -0.25) is 4.79 Å². The lowest BCUT2D eigenvalue weighted by atomic mass is 10.0. The first kappa shape index (κ1) is 7.79. The minimum atomic E-state index is -0.721. The van der Waals surface area contributed by atoms with E-state index in [1.165, 1.54) is 6.07 Å². The van der Waals surface area contributed by atoms with Crippen LogP contribution >= 0.6 is 0 Å². The van der Waals surface area contributed by atoms with E-state index in [2.05, 4.69) is 5.32 Å². The van der Waals surface area contributed by atoms with Crippen LogP contribution in [0.4, 0.5) is 10.1 Å². The van der Waals surface area contributed by atoms with E-state index in [-0.39, 0.29) is 23.4 Å². The predicted octanol–water partition coefficient (Wildman–Crippen LogP) is 1.59. The number of hydrogen-bond donors (Lipinski definition) is 2. The molecule has 0 radical (unpaired) electrons. The van der Waals surface area contributed by atoms with Gasteiger partial charge in [-0.25, -0.2) is 4.39 Å². The lowest BCUT2D eigenvalue weighted by Gasteiger charge is -2.16. The maximum Gasteiger partial charge on any atom is 0.228 e. The van der Waals surface area contributed by atoms with E-state index < -0.39 is 11.6 Å². The van der Waals surface area contributed by atoms with E-state index in [0.717, 1.165) is 12.0 Å². The molecule has 4 heteroatoms. The molecular formula is C10H8FNO2. The quantitative estimate of drug-likeness (QED) is 0.657. The fourth-order valence-electron chi connectivity index (χ4n) is 2.06. The standard InChI is InChI=1S/C10H8FNO2/c11-8-7(13)2-1-4-5-3-6(5)10(14)12-9(4)8/h1-2,5-6,13H,3H2,(H,12,14). The Bertz CT molecular complexity index is 444. The molecule has 1 aliphatic heterocycles. The van der Waals surface area contributed by atoms with Gasteiger partial charge in [-0.1, -0.05) is 6.07 Å². The molecule has 1 heterocycles. The highest BCUT2D eigenvalue weighted by Crippen LogP contribution is 2.54. The van der Waals surface area contributed by atoms with Crippen molar-refractivity contribution in [1.29, 1.82) is 0 Å². The van der Waals surface area contributed by atoms with E-state index in [1.807, 2.05) is 0 Å². The number of aromatic hydroxyl groups is 1. The van der Waals surface area contributed by atoms with Gasteiger partial charge in [0, 0.05) is 5.92 Å². The van der Waals surface area contributed by atoms with Crippen molar-refractivity contribution in [2.75, 3.05) is 5.32 Å². The van der Waals surface area contributed by atoms with Crippen LogP contribution < -0.4 is 5.32 Å². The van der Waals surface area contributed by atoms with Crippen molar-refractivity contribution in [2.45, 2.75) is 12.3 Å². The number of phenols is 1. The number of fused-ring (bicyclic) bond motifs is 3. The van der Waals surface area contributed by atoms with Crippen LogP contribution in [-0.4, -0.2) is 11.0 Å². The molecule has 1 aliphatic carbocycles. The second kappa shape index (κ2) is 2.26. The van der Waals surface area contributed by atoms with Gasteiger partial charge >= 0.3 is 0 Å². The summed E-state index contributed by atoms with van der Waals surface area (Å²) in [6.07, 6.45) is 0.795. The normalized spacial score (nSPS) is 27.6. The minimum absolute atomic E-state index is 0.0199. The maximum atomic E-state index is 13.4. The van der Waals surface area contributed by atoms with E-state index in [9.17, 15) is 9.18 Å². The molecule has 3 nitrogen and oxygen atoms in total. The summed E-state index contributed by atoms with van der Waals surface area (Å²) in [6, 6.07) is 3.01. The summed E-state index contributed by atoms with van der Waals surface area (Å²) in [7, 11) is 0. The lowest BCUT2D eigenvalue weighted by Crippen LogP contribution is -2.20. The highest BCUT2D eigenvalue weighted by atomic mass is 19.1. The molecule has 3 rings (SSSR count). The van der Waals surface area contributed by atoms with Crippen LogP contribution in [0.3, 0.4) is 0 Å². The average molecular weight is 193 g/mol. The molecule has 1 aromatic rings. The third-order valence-corrected chi connectivity index (χ3v) is 2.93. The van der Waals surface area contributed by atoms with Gasteiger partial charge in [-0.05, 0) is 24.0 Å². The maximum absolute atomic E-state index is 13.4. The fraction of sp³-hybridized carbons (Fsp3) is 0.300. The van der Waals surface area contributed by atoms with Crippen molar-refractivity contribution in [3.63, 3.8) is 0 Å². The minimum Gasteiger partial charge on any atom is -0.505 e. The summed E-state index contributed by atoms with van der Waals surface area (Å²) in [6.45, 7) is 0. The van der Waals surface area contributed by atoms with Gasteiger partial charge in [0.1, 0.15) is 0 Å². The average Bonchev–Trinajstić information content (AvgIpc) is 2.93. The molecule has 14 heavy (non-hydrogen) atoms. The third kappa shape index (κ3) is 0.828. The number of halogens is 1. The summed E-state index contributed by atoms with van der Waals surface area (Å²) in [5.41, 5.74) is 0.971. The van der Waals surface area contributed by atoms with Gasteiger partial charge in [0.2, 0.25) is 5.91 Å². The van der Waals surface area contributed by atoms with Crippen LogP contribution in [-0.2, 0) is 4.79 Å². The third-order valence-electron chi connectivity index (χ3n) is 2.93. The van der Waals surface area contributed by atoms with Crippen LogP contribution in [0.15, 0.2) is 12.1 Å². The molecule has 72 valence electrons. The number of hydrogen-bond acceptors (Lipinski definition) is 2. The second-order valence-electron chi connectivity index (χ2n) is 3.80. The molecule has 0 spiro atoms. The van der Waals surface area contributed by atoms with Crippen molar-refractivity contribution in [3.05, 3.63) is 23.5 Å². The fourth-order valence-corrected chi connectivity index (χ4v) is 2.06. The summed E-state index contributed by atoms with van der Waals surface area (Å²) < 4.78 is 13.4. The summed E-state index contributed by atoms with van der Waals surface area (Å²) in [5, 5.41) is 11.6. The highest BCUT2D eigenvalue weighted by Gasteiger charge is 2.49. The van der Waals surface area contributed by atoms with Crippen LogP contribution in [0.2, 0.25) is 0 Å². The van der Waals surface area contributed by atoms with E-state index in [0.29, 0.717) is 0 Å². The Morgan fingerprint density at radius 1 is 1.43 bits per heavy atom. The Kier molecular flexibility index (Phi) is 1.26. The Balaban J connectivity index is 2.21. The zero-order valence-corrected chi connectivity index (χ0v) is 7.25. The Hall–Kier alpha value is -1.58. The topological polar surface area (TPSA) is 49.3 Å². The number of carbonyl (C=O) groups is 1. The zero-order chi connectivity index (χ0) is 9.87. The number of anilines is 1. The summed E-state index contributed by atoms with van der Waals surface area (Å²) >= 11 is 0. The van der Waals surface area contributed by atoms with Crippen LogP contribution in [0.1, 0.15) is 17.9 Å². The number of nitrogens with one attached hydrogen (secondary N) is 1. The monoisotopic (exact) mass is 193 g/mol. The van der Waals surface area contributed by atoms with Gasteiger partial charge in [0.15, 0.2) is 11.6 Å². The molecule has 0 saturated heterocycles. The molecule has 1 aromatic carbocycles. The van der Waals surface area contributed by atoms with Crippen molar-refractivity contribution >= 4 is 11.6 Å². The van der Waals surface area contributed by atoms with Gasteiger partial charge in [0.25, 0.3) is 0 Å². The smallest absolute Gasteiger partial charge is 0.228 e. The first-order valence-corrected chi connectivity index (χ1v) is 4.50. The van der Waals surface area contributed by atoms with Gasteiger partial charge in [-0.2, -0.15) is 0 Å². The highest BCUT2D eigenvalue weighted by molar-refractivity contribution is 5.99. The van der Waals surface area contributed by atoms with Crippen LogP contribution in [0.5, 0.6) is 5.75 Å². The number of benzene rings is 1. The number of phenolic OH excluding ortho intramolecular Hbond substituents is 1. The molecule has 2 atom stereocenters. The summed E-state index contributed by atoms with van der Waals surface area (Å²) in [4.78, 5) is 11.3. The van der Waals surface area contributed by atoms with Gasteiger partial charge in [-0.15, -0.1) is 0 Å². The van der Waals surface area contributed by atoms with Gasteiger partial charge in [0.05, 0.1) is 5.69 Å². The molecule has 1 fully saturated rings. The first-order chi connectivity index (χ1) is 6.68. The van der Waals surface area contributed by atoms with Crippen molar-refractivity contribution in [2.24, 2.45) is 5.92 Å². The van der Waals surface area contributed by atoms with Crippen LogP contribution in [0.25, 0.3) is 0 Å². The predicted molar refractivity (Wildman–Crippen MR) is 47.5 cm³/mol. The second-order valence-corrected chi connectivity index (χ2v) is 3.80. The van der Waals surface area contributed by atoms with E-state index in [1.54, 1.807) is 6.07 Å². The molecule has 2 aliphatic rings. The number of amides is 1. The molecular weight excluding hydrogens is 185 g/mol. The molecule has 2 N–H and O–H groups in total. The largest absolute Gasteiger partial charge is 0.505 e. The SMILES string of the molecule is O=C1Nc2c(ccc(O)c2F)C2CC12. The lowest BCUT2D eigenvalue weighted by molar-refractivity contribution is -0.117. The molecule has 0 bridgehead atoms. The molecule has 1 saturated carbocycles. The van der Waals surface area contributed by atoms with Crippen molar-refractivity contribution < 1.29 is 14.3 Å². The van der Waals surface area contributed by atoms with Crippen molar-refractivity contribution in [3.8, 4) is 5.75 Å². The van der Waals surface area contributed by atoms with Gasteiger partial charge < -0.3 is 10.4 Å². The molecule has 0 aromatic heterocycles. The number of rotatable bonds is 0. The molecule has 2 unspecified atom stereocenters. The Labute approximate surface area is 79.6 Å². The first-order valence-electron chi connectivity index (χ1n) is 4.50. The van der Waals surface area contributed by atoms with E-state index >= 15 is 0 Å². The van der Waals surface area contributed by atoms with E-state index in [4.69, 9.17) is 5.11 Å². The Morgan fingerprint density at radius 2 is 2.21 bits per heavy atom. The number of carbonyl (C=O) groups excluding carboxylic acids is 1. The zero-order valence-electron chi connectivity index (χ0n) is 7.25.